The van der Waals surface area contributed by atoms with Gasteiger partial charge in [0.15, 0.2) is 14.1 Å². The van der Waals surface area contributed by atoms with Gasteiger partial charge in [0.1, 0.15) is 0 Å². The SMILES string of the molecule is BC(=O)N[C@@H](CC(C)C)[C@H](C[C@@H](C)C(=O)O)O[Si](C)(C)C(C)(C)C. The van der Waals surface area contributed by atoms with Gasteiger partial charge in [-0.2, -0.15) is 0 Å². The summed E-state index contributed by atoms with van der Waals surface area (Å²) in [4.78, 5) is 23.0. The molecule has 0 spiro atoms. The largest absolute Gasteiger partial charge is 0.481 e. The molecule has 0 aliphatic heterocycles. The molecule has 0 aromatic rings. The van der Waals surface area contributed by atoms with Crippen LogP contribution in [0.1, 0.15) is 54.4 Å². The van der Waals surface area contributed by atoms with Crippen molar-refractivity contribution in [3.63, 3.8) is 0 Å². The normalized spacial score (nSPS) is 16.5. The second kappa shape index (κ2) is 9.04. The molecule has 0 fully saturated rings. The van der Waals surface area contributed by atoms with Crippen LogP contribution < -0.4 is 5.32 Å². The van der Waals surface area contributed by atoms with Crippen LogP contribution in [0.4, 0.5) is 4.79 Å². The van der Waals surface area contributed by atoms with Gasteiger partial charge in [-0.3, -0.25) is 9.59 Å². The van der Waals surface area contributed by atoms with Gasteiger partial charge in [0.25, 0.3) is 0 Å². The molecule has 0 radical (unpaired) electrons. The van der Waals surface area contributed by atoms with Gasteiger partial charge in [-0.1, -0.05) is 41.5 Å². The van der Waals surface area contributed by atoms with Crippen LogP contribution in [0.5, 0.6) is 0 Å². The van der Waals surface area contributed by atoms with E-state index in [0.29, 0.717) is 12.3 Å². The van der Waals surface area contributed by atoms with E-state index in [-0.39, 0.29) is 23.0 Å². The molecule has 0 heterocycles. The maximum Gasteiger partial charge on any atom is 0.306 e. The molecule has 3 atom stereocenters. The van der Waals surface area contributed by atoms with Crippen molar-refractivity contribution in [1.29, 1.82) is 0 Å². The first kappa shape index (κ1) is 23.2. The lowest BCUT2D eigenvalue weighted by Crippen LogP contribution is -2.52. The van der Waals surface area contributed by atoms with E-state index < -0.39 is 20.2 Å². The Morgan fingerprint density at radius 1 is 1.17 bits per heavy atom. The van der Waals surface area contributed by atoms with Crippen LogP contribution in [0.3, 0.4) is 0 Å². The Labute approximate surface area is 149 Å². The number of aliphatic carboxylic acids is 1. The molecular formula is C17H36BNO4Si. The lowest BCUT2D eigenvalue weighted by atomic mass is 9.92. The fraction of sp³-hybridized carbons (Fsp3) is 0.882. The lowest BCUT2D eigenvalue weighted by Gasteiger charge is -2.42. The summed E-state index contributed by atoms with van der Waals surface area (Å²) in [6.07, 6.45) is 0.883. The molecule has 0 aromatic carbocycles. The fourth-order valence-corrected chi connectivity index (χ4v) is 3.74. The van der Waals surface area contributed by atoms with E-state index in [9.17, 15) is 14.7 Å². The standard InChI is InChI=1S/C17H36BNO4Si/c1-11(2)9-13(19-16(18)22)14(10-12(3)15(20)21)23-24(7,8)17(4,5)6/h11-14H,9-10,18H2,1-8H3,(H,19,22)(H,20,21)/t12-,13+,14+/m1/s1. The van der Waals surface area contributed by atoms with Crippen LogP contribution in [0.2, 0.25) is 18.1 Å². The third-order valence-electron chi connectivity index (χ3n) is 4.82. The fourth-order valence-electron chi connectivity index (χ4n) is 2.37. The molecule has 0 aliphatic rings. The number of carboxylic acids is 1. The highest BCUT2D eigenvalue weighted by Crippen LogP contribution is 2.38. The van der Waals surface area contributed by atoms with Crippen LogP contribution in [0, 0.1) is 11.8 Å². The molecule has 0 aromatic heterocycles. The second-order valence-corrected chi connectivity index (χ2v) is 13.6. The molecule has 1 amide bonds. The highest BCUT2D eigenvalue weighted by molar-refractivity contribution is 6.74. The van der Waals surface area contributed by atoms with Gasteiger partial charge >= 0.3 is 5.97 Å². The zero-order valence-corrected chi connectivity index (χ0v) is 17.9. The van der Waals surface area contributed by atoms with E-state index in [0.717, 1.165) is 6.42 Å². The number of amides is 1. The smallest absolute Gasteiger partial charge is 0.306 e. The van der Waals surface area contributed by atoms with Crippen LogP contribution in [0.15, 0.2) is 0 Å². The monoisotopic (exact) mass is 357 g/mol. The van der Waals surface area contributed by atoms with Crippen molar-refractivity contribution in [2.45, 2.75) is 84.7 Å². The Morgan fingerprint density at radius 2 is 1.67 bits per heavy atom. The summed E-state index contributed by atoms with van der Waals surface area (Å²) >= 11 is 0. The first-order valence-corrected chi connectivity index (χ1v) is 11.8. The maximum absolute atomic E-state index is 11.7. The summed E-state index contributed by atoms with van der Waals surface area (Å²) < 4.78 is 6.55. The average Bonchev–Trinajstić information content (AvgIpc) is 2.33. The molecule has 0 aliphatic carbocycles. The molecule has 7 heteroatoms. The van der Waals surface area contributed by atoms with Crippen LogP contribution in [-0.4, -0.2) is 45.2 Å². The van der Waals surface area contributed by atoms with Crippen molar-refractivity contribution in [2.24, 2.45) is 11.8 Å². The van der Waals surface area contributed by atoms with Crippen LogP contribution in [-0.2, 0) is 9.22 Å². The molecule has 140 valence electrons. The summed E-state index contributed by atoms with van der Waals surface area (Å²) in [5, 5.41) is 12.3. The molecular weight excluding hydrogens is 321 g/mol. The van der Waals surface area contributed by atoms with E-state index >= 15 is 0 Å². The Kier molecular flexibility index (Phi) is 8.73. The molecule has 0 saturated carbocycles. The zero-order valence-electron chi connectivity index (χ0n) is 16.9. The molecule has 24 heavy (non-hydrogen) atoms. The minimum Gasteiger partial charge on any atom is -0.481 e. The number of rotatable bonds is 9. The molecule has 0 saturated heterocycles. The molecule has 0 bridgehead atoms. The highest BCUT2D eigenvalue weighted by atomic mass is 28.4. The Morgan fingerprint density at radius 3 is 2.00 bits per heavy atom. The minimum atomic E-state index is -2.08. The van der Waals surface area contributed by atoms with Gasteiger partial charge in [0.2, 0.25) is 7.85 Å². The number of carbonyl (C=O) groups excluding carboxylic acids is 1. The first-order chi connectivity index (χ1) is 10.7. The molecule has 2 N–H and O–H groups in total. The van der Waals surface area contributed by atoms with E-state index in [2.05, 4.69) is 53.0 Å². The van der Waals surface area contributed by atoms with Crippen molar-refractivity contribution >= 4 is 27.9 Å². The van der Waals surface area contributed by atoms with Gasteiger partial charge in [0, 0.05) is 0 Å². The number of carboxylic acid groups (broad SMARTS) is 1. The zero-order chi connectivity index (χ0) is 19.3. The average molecular weight is 357 g/mol. The van der Waals surface area contributed by atoms with Gasteiger partial charge in [-0.05, 0) is 36.9 Å². The third-order valence-corrected chi connectivity index (χ3v) is 9.33. The quantitative estimate of drug-likeness (QED) is 0.621. The van der Waals surface area contributed by atoms with Crippen LogP contribution >= 0.6 is 0 Å². The van der Waals surface area contributed by atoms with E-state index in [1.807, 2.05) is 0 Å². The number of carbonyl (C=O) groups is 2. The van der Waals surface area contributed by atoms with E-state index in [1.54, 1.807) is 6.92 Å². The molecule has 0 unspecified atom stereocenters. The van der Waals surface area contributed by atoms with Gasteiger partial charge in [-0.25, -0.2) is 0 Å². The second-order valence-electron chi connectivity index (χ2n) is 8.83. The predicted molar refractivity (Wildman–Crippen MR) is 104 cm³/mol. The van der Waals surface area contributed by atoms with Crippen LogP contribution in [0.25, 0.3) is 0 Å². The molecule has 5 nitrogen and oxygen atoms in total. The Bertz CT molecular complexity index is 435. The van der Waals surface area contributed by atoms with Gasteiger partial charge < -0.3 is 14.8 Å². The summed E-state index contributed by atoms with van der Waals surface area (Å²) in [5.74, 6) is -1.06. The molecule has 0 rings (SSSR count). The highest BCUT2D eigenvalue weighted by Gasteiger charge is 2.41. The Balaban J connectivity index is 5.55. The summed E-state index contributed by atoms with van der Waals surface area (Å²) in [6.45, 7) is 16.7. The first-order valence-electron chi connectivity index (χ1n) is 8.85. The minimum absolute atomic E-state index is 0.0241. The third kappa shape index (κ3) is 7.84. The van der Waals surface area contributed by atoms with Crippen molar-refractivity contribution < 1.29 is 19.1 Å². The van der Waals surface area contributed by atoms with Gasteiger partial charge in [0.05, 0.1) is 18.1 Å². The van der Waals surface area contributed by atoms with E-state index in [4.69, 9.17) is 4.43 Å². The number of hydrogen-bond acceptors (Lipinski definition) is 3. The lowest BCUT2D eigenvalue weighted by molar-refractivity contribution is -0.142. The van der Waals surface area contributed by atoms with Crippen molar-refractivity contribution in [3.05, 3.63) is 0 Å². The van der Waals surface area contributed by atoms with Crippen molar-refractivity contribution in [2.75, 3.05) is 0 Å². The summed E-state index contributed by atoms with van der Waals surface area (Å²) in [7, 11) is -0.581. The summed E-state index contributed by atoms with van der Waals surface area (Å²) in [6, 6.07) is -0.168. The number of hydrogen-bond donors (Lipinski definition) is 2. The number of nitrogens with one attached hydrogen (secondary N) is 1. The van der Waals surface area contributed by atoms with Crippen molar-refractivity contribution in [3.8, 4) is 0 Å². The maximum atomic E-state index is 11.7. The summed E-state index contributed by atoms with van der Waals surface area (Å²) in [5.41, 5.74) is 0. The predicted octanol–water partition coefficient (Wildman–Crippen LogP) is 3.25. The van der Waals surface area contributed by atoms with Crippen molar-refractivity contribution in [1.82, 2.24) is 5.32 Å². The Hall–Kier alpha value is -0.818. The van der Waals surface area contributed by atoms with E-state index in [1.165, 1.54) is 7.85 Å². The van der Waals surface area contributed by atoms with Gasteiger partial charge in [-0.15, -0.1) is 0 Å². The topological polar surface area (TPSA) is 75.6 Å².